The van der Waals surface area contributed by atoms with Crippen LogP contribution < -0.4 is 0 Å². The average Bonchev–Trinajstić information content (AvgIpc) is 2.65. The minimum absolute atomic E-state index is 1.04. The number of hydrogen-bond donors (Lipinski definition) is 0. The summed E-state index contributed by atoms with van der Waals surface area (Å²) >= 11 is 1.77. The Morgan fingerprint density at radius 2 is 1.88 bits per heavy atom. The van der Waals surface area contributed by atoms with Gasteiger partial charge in [0, 0.05) is 18.1 Å². The number of aromatic nitrogens is 2. The molecular weight excluding hydrogens is 216 g/mol. The van der Waals surface area contributed by atoms with Gasteiger partial charge in [-0.1, -0.05) is 24.8 Å². The zero-order valence-electron chi connectivity index (χ0n) is 9.90. The van der Waals surface area contributed by atoms with Crippen molar-refractivity contribution < 1.29 is 0 Å². The lowest BCUT2D eigenvalue weighted by atomic mass is 10.1. The molecule has 0 saturated carbocycles. The van der Waals surface area contributed by atoms with E-state index in [0.29, 0.717) is 0 Å². The van der Waals surface area contributed by atoms with Crippen LogP contribution in [0.25, 0.3) is 5.69 Å². The van der Waals surface area contributed by atoms with Crippen molar-refractivity contribution in [2.24, 2.45) is 0 Å². The van der Waals surface area contributed by atoms with Crippen LogP contribution in [0.1, 0.15) is 18.1 Å². The zero-order chi connectivity index (χ0) is 11.5. The molecule has 0 amide bonds. The molecule has 0 fully saturated rings. The number of imidazole rings is 1. The molecule has 1 aromatic heterocycles. The van der Waals surface area contributed by atoms with Crippen molar-refractivity contribution in [3.63, 3.8) is 0 Å². The molecule has 3 heteroatoms. The number of aryl methyl sites for hydroxylation is 2. The third-order valence-electron chi connectivity index (χ3n) is 2.36. The fourth-order valence-corrected chi connectivity index (χ4v) is 2.51. The van der Waals surface area contributed by atoms with Crippen molar-refractivity contribution in [3.05, 3.63) is 41.7 Å². The monoisotopic (exact) mass is 232 g/mol. The van der Waals surface area contributed by atoms with E-state index in [-0.39, 0.29) is 0 Å². The van der Waals surface area contributed by atoms with Gasteiger partial charge in [0.1, 0.15) is 0 Å². The SMILES string of the molecule is CCSc1nccn1-c1cc(C)cc(C)c1. The van der Waals surface area contributed by atoms with Crippen molar-refractivity contribution >= 4 is 11.8 Å². The number of rotatable bonds is 3. The highest BCUT2D eigenvalue weighted by Crippen LogP contribution is 2.21. The third-order valence-corrected chi connectivity index (χ3v) is 3.21. The van der Waals surface area contributed by atoms with Crippen LogP contribution >= 0.6 is 11.8 Å². The second kappa shape index (κ2) is 4.74. The van der Waals surface area contributed by atoms with Gasteiger partial charge in [-0.3, -0.25) is 4.57 Å². The molecule has 1 heterocycles. The van der Waals surface area contributed by atoms with E-state index in [9.17, 15) is 0 Å². The minimum atomic E-state index is 1.04. The maximum Gasteiger partial charge on any atom is 0.172 e. The quantitative estimate of drug-likeness (QED) is 0.752. The number of benzene rings is 1. The van der Waals surface area contributed by atoms with E-state index in [1.54, 1.807) is 11.8 Å². The van der Waals surface area contributed by atoms with E-state index in [0.717, 1.165) is 10.9 Å². The molecule has 0 atom stereocenters. The fourth-order valence-electron chi connectivity index (χ4n) is 1.81. The molecular formula is C13H16N2S. The first-order valence-corrected chi connectivity index (χ1v) is 6.44. The van der Waals surface area contributed by atoms with E-state index >= 15 is 0 Å². The molecule has 2 aromatic rings. The van der Waals surface area contributed by atoms with E-state index in [1.807, 2.05) is 12.4 Å². The molecule has 2 nitrogen and oxygen atoms in total. The largest absolute Gasteiger partial charge is 0.295 e. The topological polar surface area (TPSA) is 17.8 Å². The first-order valence-electron chi connectivity index (χ1n) is 5.45. The molecule has 16 heavy (non-hydrogen) atoms. The van der Waals surface area contributed by atoms with Crippen molar-refractivity contribution in [1.82, 2.24) is 9.55 Å². The highest BCUT2D eigenvalue weighted by Gasteiger charge is 2.05. The summed E-state index contributed by atoms with van der Waals surface area (Å²) in [6.07, 6.45) is 3.88. The standard InChI is InChI=1S/C13H16N2S/c1-4-16-13-14-5-6-15(13)12-8-10(2)7-11(3)9-12/h5-9H,4H2,1-3H3. The van der Waals surface area contributed by atoms with Gasteiger partial charge in [-0.05, 0) is 42.9 Å². The zero-order valence-corrected chi connectivity index (χ0v) is 10.7. The molecule has 0 aliphatic carbocycles. The Bertz CT molecular complexity index is 468. The second-order valence-corrected chi connectivity index (χ2v) is 5.09. The minimum Gasteiger partial charge on any atom is -0.295 e. The molecule has 2 rings (SSSR count). The lowest BCUT2D eigenvalue weighted by Crippen LogP contribution is -1.96. The summed E-state index contributed by atoms with van der Waals surface area (Å²) in [6.45, 7) is 6.39. The molecule has 0 aliphatic rings. The van der Waals surface area contributed by atoms with E-state index in [4.69, 9.17) is 0 Å². The van der Waals surface area contributed by atoms with Crippen molar-refractivity contribution in [3.8, 4) is 5.69 Å². The van der Waals surface area contributed by atoms with Gasteiger partial charge in [0.15, 0.2) is 5.16 Å². The van der Waals surface area contributed by atoms with Gasteiger partial charge in [-0.2, -0.15) is 0 Å². The number of nitrogens with zero attached hydrogens (tertiary/aromatic N) is 2. The van der Waals surface area contributed by atoms with Crippen molar-refractivity contribution in [1.29, 1.82) is 0 Å². The first kappa shape index (κ1) is 11.3. The van der Waals surface area contributed by atoms with Crippen LogP contribution in [0, 0.1) is 13.8 Å². The van der Waals surface area contributed by atoms with Crippen LogP contribution in [0.2, 0.25) is 0 Å². The van der Waals surface area contributed by atoms with Gasteiger partial charge < -0.3 is 0 Å². The summed E-state index contributed by atoms with van der Waals surface area (Å²) in [5.74, 6) is 1.04. The molecule has 1 aromatic carbocycles. The maximum absolute atomic E-state index is 4.37. The Labute approximate surface area is 101 Å². The van der Waals surface area contributed by atoms with Crippen LogP contribution in [-0.2, 0) is 0 Å². The summed E-state index contributed by atoms with van der Waals surface area (Å²) in [7, 11) is 0. The Morgan fingerprint density at radius 1 is 1.19 bits per heavy atom. The van der Waals surface area contributed by atoms with E-state index in [1.165, 1.54) is 16.8 Å². The molecule has 0 N–H and O–H groups in total. The van der Waals surface area contributed by atoms with Gasteiger partial charge in [0.25, 0.3) is 0 Å². The van der Waals surface area contributed by atoms with Gasteiger partial charge >= 0.3 is 0 Å². The summed E-state index contributed by atoms with van der Waals surface area (Å²) < 4.78 is 2.15. The normalized spacial score (nSPS) is 10.7. The molecule has 0 saturated heterocycles. The maximum atomic E-state index is 4.37. The van der Waals surface area contributed by atoms with Crippen molar-refractivity contribution in [2.45, 2.75) is 25.9 Å². The van der Waals surface area contributed by atoms with Gasteiger partial charge in [0.2, 0.25) is 0 Å². The van der Waals surface area contributed by atoms with E-state index < -0.39 is 0 Å². The lowest BCUT2D eigenvalue weighted by molar-refractivity contribution is 0.893. The highest BCUT2D eigenvalue weighted by molar-refractivity contribution is 7.99. The average molecular weight is 232 g/mol. The lowest BCUT2D eigenvalue weighted by Gasteiger charge is -2.08. The Hall–Kier alpha value is -1.22. The van der Waals surface area contributed by atoms with Crippen LogP contribution in [0.5, 0.6) is 0 Å². The Kier molecular flexibility index (Phi) is 3.34. The highest BCUT2D eigenvalue weighted by atomic mass is 32.2. The summed E-state index contributed by atoms with van der Waals surface area (Å²) in [6, 6.07) is 6.57. The molecule has 84 valence electrons. The van der Waals surface area contributed by atoms with Gasteiger partial charge in [0.05, 0.1) is 0 Å². The Balaban J connectivity index is 2.45. The first-order chi connectivity index (χ1) is 7.70. The summed E-state index contributed by atoms with van der Waals surface area (Å²) in [4.78, 5) is 4.37. The third kappa shape index (κ3) is 2.30. The second-order valence-electron chi connectivity index (χ2n) is 3.86. The van der Waals surface area contributed by atoms with Crippen LogP contribution in [0.4, 0.5) is 0 Å². The molecule has 0 bridgehead atoms. The number of thioether (sulfide) groups is 1. The molecule has 0 aliphatic heterocycles. The van der Waals surface area contributed by atoms with Crippen LogP contribution in [0.3, 0.4) is 0 Å². The van der Waals surface area contributed by atoms with Crippen LogP contribution in [0.15, 0.2) is 35.7 Å². The molecule has 0 unspecified atom stereocenters. The van der Waals surface area contributed by atoms with Gasteiger partial charge in [-0.15, -0.1) is 0 Å². The van der Waals surface area contributed by atoms with E-state index in [2.05, 4.69) is 48.5 Å². The predicted molar refractivity (Wildman–Crippen MR) is 69.4 cm³/mol. The van der Waals surface area contributed by atoms with Gasteiger partial charge in [-0.25, -0.2) is 4.98 Å². The van der Waals surface area contributed by atoms with Crippen molar-refractivity contribution in [2.75, 3.05) is 5.75 Å². The summed E-state index contributed by atoms with van der Waals surface area (Å²) in [5.41, 5.74) is 3.78. The molecule has 0 spiro atoms. The predicted octanol–water partition coefficient (Wildman–Crippen LogP) is 3.60. The Morgan fingerprint density at radius 3 is 2.50 bits per heavy atom. The fraction of sp³-hybridized carbons (Fsp3) is 0.308. The number of hydrogen-bond acceptors (Lipinski definition) is 2. The summed E-state index contributed by atoms with van der Waals surface area (Å²) in [5, 5.41) is 1.06. The van der Waals surface area contributed by atoms with Crippen LogP contribution in [-0.4, -0.2) is 15.3 Å². The smallest absolute Gasteiger partial charge is 0.172 e. The molecule has 0 radical (unpaired) electrons.